The minimum absolute atomic E-state index is 0.00137. The van der Waals surface area contributed by atoms with Gasteiger partial charge in [-0.25, -0.2) is 17.9 Å². The van der Waals surface area contributed by atoms with Crippen LogP contribution in [0, 0.1) is 17.5 Å². The summed E-state index contributed by atoms with van der Waals surface area (Å²) < 4.78 is 47.5. The maximum absolute atomic E-state index is 14.7. The number of halogens is 5. The van der Waals surface area contributed by atoms with Crippen molar-refractivity contribution in [3.8, 4) is 11.1 Å². The van der Waals surface area contributed by atoms with Gasteiger partial charge >= 0.3 is 0 Å². The summed E-state index contributed by atoms with van der Waals surface area (Å²) in [7, 11) is 0. The summed E-state index contributed by atoms with van der Waals surface area (Å²) in [5, 5.41) is 0.209. The molecule has 152 valence electrons. The Bertz CT molecular complexity index is 1160. The van der Waals surface area contributed by atoms with Crippen molar-refractivity contribution in [2.24, 2.45) is 0 Å². The molecule has 10 heteroatoms. The molecule has 1 aliphatic rings. The topological polar surface area (TPSA) is 39.0 Å². The molecule has 29 heavy (non-hydrogen) atoms. The molecule has 0 radical (unpaired) electrons. The number of rotatable bonds is 4. The van der Waals surface area contributed by atoms with Crippen LogP contribution in [0.1, 0.15) is 12.8 Å². The first-order valence-corrected chi connectivity index (χ1v) is 10.3. The van der Waals surface area contributed by atoms with Gasteiger partial charge in [0.05, 0.1) is 21.2 Å². The number of benzene rings is 2. The predicted molar refractivity (Wildman–Crippen MR) is 109 cm³/mol. The molecule has 0 bridgehead atoms. The number of aromatic nitrogens is 2. The molecule has 4 rings (SSSR count). The lowest BCUT2D eigenvalue weighted by Crippen LogP contribution is -2.27. The Morgan fingerprint density at radius 2 is 1.69 bits per heavy atom. The number of nitrogens with one attached hydrogen (secondary N) is 1. The Kier molecular flexibility index (Phi) is 5.59. The number of anilines is 1. The highest BCUT2D eigenvalue weighted by Gasteiger charge is 2.25. The van der Waals surface area contributed by atoms with E-state index < -0.39 is 17.5 Å². The summed E-state index contributed by atoms with van der Waals surface area (Å²) in [6.07, 6.45) is 1.72. The lowest BCUT2D eigenvalue weighted by molar-refractivity contribution is 0.356. The molecular formula is C19H14Cl2F3N3OS. The zero-order chi connectivity index (χ0) is 20.7. The Hall–Kier alpha value is -2.03. The predicted octanol–water partition coefficient (Wildman–Crippen LogP) is 5.95. The van der Waals surface area contributed by atoms with Crippen molar-refractivity contribution < 1.29 is 13.2 Å². The van der Waals surface area contributed by atoms with Crippen LogP contribution >= 0.6 is 35.1 Å². The standard InChI is InChI=1S/C19H14Cl2F3N3OS/c20-12-9-13(23)11(17-18(21)26-5-1-2-6-27(26)19(17)28)8-15(12)25-29-16-4-3-10(22)7-14(16)24/h3-4,7-9,25H,1-2,5-6H2. The van der Waals surface area contributed by atoms with E-state index in [4.69, 9.17) is 23.2 Å². The van der Waals surface area contributed by atoms with Crippen molar-refractivity contribution in [3.05, 3.63) is 68.3 Å². The van der Waals surface area contributed by atoms with Gasteiger partial charge in [-0.15, -0.1) is 0 Å². The molecule has 3 aromatic rings. The summed E-state index contributed by atoms with van der Waals surface area (Å²) >= 11 is 13.3. The Labute approximate surface area is 178 Å². The van der Waals surface area contributed by atoms with Crippen LogP contribution in [-0.4, -0.2) is 9.36 Å². The molecule has 0 spiro atoms. The molecule has 0 unspecified atom stereocenters. The van der Waals surface area contributed by atoms with Gasteiger partial charge in [0.25, 0.3) is 5.56 Å². The zero-order valence-electron chi connectivity index (χ0n) is 14.8. The van der Waals surface area contributed by atoms with E-state index in [1.165, 1.54) is 16.8 Å². The summed E-state index contributed by atoms with van der Waals surface area (Å²) in [6.45, 7) is 1.09. The molecule has 4 nitrogen and oxygen atoms in total. The average molecular weight is 460 g/mol. The maximum Gasteiger partial charge on any atom is 0.276 e. The summed E-state index contributed by atoms with van der Waals surface area (Å²) in [4.78, 5) is 12.9. The zero-order valence-corrected chi connectivity index (χ0v) is 17.1. The van der Waals surface area contributed by atoms with E-state index in [0.29, 0.717) is 13.1 Å². The normalized spacial score (nSPS) is 13.4. The first kappa shape index (κ1) is 20.3. The van der Waals surface area contributed by atoms with Crippen LogP contribution in [0.15, 0.2) is 40.0 Å². The van der Waals surface area contributed by atoms with E-state index in [2.05, 4.69) is 4.72 Å². The molecule has 1 aromatic heterocycles. The van der Waals surface area contributed by atoms with E-state index in [0.717, 1.165) is 43.0 Å². The molecule has 2 heterocycles. The highest BCUT2D eigenvalue weighted by molar-refractivity contribution is 8.00. The molecule has 1 aliphatic heterocycles. The number of nitrogens with zero attached hydrogens (tertiary/aromatic N) is 2. The first-order valence-electron chi connectivity index (χ1n) is 8.73. The van der Waals surface area contributed by atoms with Crippen LogP contribution < -0.4 is 10.3 Å². The minimum atomic E-state index is -0.748. The molecular weight excluding hydrogens is 446 g/mol. The number of hydrogen-bond acceptors (Lipinski definition) is 3. The molecule has 2 aromatic carbocycles. The second-order valence-corrected chi connectivity index (χ2v) is 8.13. The van der Waals surface area contributed by atoms with Crippen LogP contribution in [0.5, 0.6) is 0 Å². The van der Waals surface area contributed by atoms with Gasteiger partial charge in [0.1, 0.15) is 22.6 Å². The monoisotopic (exact) mass is 459 g/mol. The molecule has 0 atom stereocenters. The van der Waals surface area contributed by atoms with Gasteiger partial charge in [0, 0.05) is 24.7 Å². The molecule has 1 N–H and O–H groups in total. The molecule has 0 saturated heterocycles. The van der Waals surface area contributed by atoms with Crippen molar-refractivity contribution in [3.63, 3.8) is 0 Å². The second kappa shape index (κ2) is 8.01. The second-order valence-electron chi connectivity index (χ2n) is 6.52. The van der Waals surface area contributed by atoms with Gasteiger partial charge in [-0.1, -0.05) is 23.2 Å². The molecule has 0 fully saturated rings. The largest absolute Gasteiger partial charge is 0.324 e. The smallest absolute Gasteiger partial charge is 0.276 e. The maximum atomic E-state index is 14.7. The van der Waals surface area contributed by atoms with Crippen LogP contribution in [-0.2, 0) is 13.1 Å². The third-order valence-electron chi connectivity index (χ3n) is 4.65. The van der Waals surface area contributed by atoms with Crippen LogP contribution in [0.3, 0.4) is 0 Å². The Morgan fingerprint density at radius 3 is 2.38 bits per heavy atom. The van der Waals surface area contributed by atoms with Gasteiger partial charge in [-0.3, -0.25) is 9.48 Å². The lowest BCUT2D eigenvalue weighted by atomic mass is 10.1. The molecule has 0 aliphatic carbocycles. The highest BCUT2D eigenvalue weighted by atomic mass is 35.5. The summed E-state index contributed by atoms with van der Waals surface area (Å²) in [5.41, 5.74) is -0.0502. The Balaban J connectivity index is 1.72. The van der Waals surface area contributed by atoms with Crippen LogP contribution in [0.2, 0.25) is 10.2 Å². The van der Waals surface area contributed by atoms with E-state index in [1.54, 1.807) is 4.68 Å². The van der Waals surface area contributed by atoms with Crippen molar-refractivity contribution in [1.82, 2.24) is 9.36 Å². The number of hydrogen-bond donors (Lipinski definition) is 1. The molecule has 0 amide bonds. The quantitative estimate of drug-likeness (QED) is 0.489. The highest BCUT2D eigenvalue weighted by Crippen LogP contribution is 2.36. The average Bonchev–Trinajstić information content (AvgIpc) is 2.94. The fourth-order valence-electron chi connectivity index (χ4n) is 3.24. The van der Waals surface area contributed by atoms with Crippen molar-refractivity contribution in [2.75, 3.05) is 4.72 Å². The van der Waals surface area contributed by atoms with Gasteiger partial charge in [0.2, 0.25) is 0 Å². The third kappa shape index (κ3) is 3.76. The van der Waals surface area contributed by atoms with Crippen molar-refractivity contribution >= 4 is 40.8 Å². The fourth-order valence-corrected chi connectivity index (χ4v) is 4.53. The lowest BCUT2D eigenvalue weighted by Gasteiger charge is -2.17. The van der Waals surface area contributed by atoms with Crippen molar-refractivity contribution in [2.45, 2.75) is 30.8 Å². The summed E-state index contributed by atoms with van der Waals surface area (Å²) in [6, 6.07) is 5.58. The van der Waals surface area contributed by atoms with E-state index >= 15 is 0 Å². The minimum Gasteiger partial charge on any atom is -0.324 e. The van der Waals surface area contributed by atoms with Crippen LogP contribution in [0.25, 0.3) is 11.1 Å². The van der Waals surface area contributed by atoms with Gasteiger partial charge < -0.3 is 4.72 Å². The van der Waals surface area contributed by atoms with Gasteiger partial charge in [-0.05, 0) is 49.1 Å². The van der Waals surface area contributed by atoms with Gasteiger partial charge in [-0.2, -0.15) is 0 Å². The SMILES string of the molecule is O=c1c(-c2cc(NSc3ccc(F)cc3F)c(Cl)cc2F)c(Cl)n2n1CCCC2. The summed E-state index contributed by atoms with van der Waals surface area (Å²) in [5.74, 6) is -2.13. The first-order chi connectivity index (χ1) is 13.9. The van der Waals surface area contributed by atoms with Crippen LogP contribution in [0.4, 0.5) is 18.9 Å². The Morgan fingerprint density at radius 1 is 0.966 bits per heavy atom. The van der Waals surface area contributed by atoms with E-state index in [-0.39, 0.29) is 37.4 Å². The third-order valence-corrected chi connectivity index (χ3v) is 6.22. The number of fused-ring (bicyclic) bond motifs is 1. The van der Waals surface area contributed by atoms with E-state index in [9.17, 15) is 18.0 Å². The van der Waals surface area contributed by atoms with E-state index in [1.807, 2.05) is 0 Å². The van der Waals surface area contributed by atoms with Gasteiger partial charge in [0.15, 0.2) is 0 Å². The molecule has 0 saturated carbocycles. The van der Waals surface area contributed by atoms with Crippen molar-refractivity contribution in [1.29, 1.82) is 0 Å². The fraction of sp³-hybridized carbons (Fsp3) is 0.211.